The molecule has 70 valence electrons. The molecular weight excluding hydrogens is 160 g/mol. The summed E-state index contributed by atoms with van der Waals surface area (Å²) in [4.78, 5) is 10.3. The summed E-state index contributed by atoms with van der Waals surface area (Å²) in [6, 6.07) is 0. The standard InChI is InChI=1S/C8H14O4/c1-3-10-4-5-11-6-7-12-8(2)9/h3H,1,4-7H2,2H3. The van der Waals surface area contributed by atoms with Gasteiger partial charge in [-0.1, -0.05) is 6.58 Å². The lowest BCUT2D eigenvalue weighted by atomic mass is 10.7. The summed E-state index contributed by atoms with van der Waals surface area (Å²) in [7, 11) is 0. The topological polar surface area (TPSA) is 44.8 Å². The molecule has 4 nitrogen and oxygen atoms in total. The molecule has 0 saturated heterocycles. The predicted octanol–water partition coefficient (Wildman–Crippen LogP) is 0.726. The zero-order valence-electron chi connectivity index (χ0n) is 7.25. The van der Waals surface area contributed by atoms with Crippen molar-refractivity contribution >= 4 is 5.97 Å². The average Bonchev–Trinajstić information content (AvgIpc) is 2.02. The molecule has 0 rings (SSSR count). The van der Waals surface area contributed by atoms with E-state index in [9.17, 15) is 4.79 Å². The Bertz CT molecular complexity index is 133. The fourth-order valence-electron chi connectivity index (χ4n) is 0.537. The Morgan fingerprint density at radius 3 is 2.58 bits per heavy atom. The highest BCUT2D eigenvalue weighted by Gasteiger charge is 1.91. The predicted molar refractivity (Wildman–Crippen MR) is 43.6 cm³/mol. The van der Waals surface area contributed by atoms with Gasteiger partial charge in [0.1, 0.15) is 13.2 Å². The maximum absolute atomic E-state index is 10.3. The van der Waals surface area contributed by atoms with Gasteiger partial charge in [0.2, 0.25) is 0 Å². The zero-order valence-corrected chi connectivity index (χ0v) is 7.25. The van der Waals surface area contributed by atoms with E-state index in [1.165, 1.54) is 13.2 Å². The molecular formula is C8H14O4. The molecule has 0 aromatic rings. The zero-order chi connectivity index (χ0) is 9.23. The van der Waals surface area contributed by atoms with E-state index in [1.54, 1.807) is 0 Å². The molecule has 0 saturated carbocycles. The molecule has 12 heavy (non-hydrogen) atoms. The molecule has 0 aromatic carbocycles. The summed E-state index contributed by atoms with van der Waals surface area (Å²) in [6.45, 7) is 6.39. The van der Waals surface area contributed by atoms with Crippen LogP contribution in [-0.4, -0.2) is 32.4 Å². The average molecular weight is 174 g/mol. The van der Waals surface area contributed by atoms with Crippen LogP contribution < -0.4 is 0 Å². The fourth-order valence-corrected chi connectivity index (χ4v) is 0.537. The van der Waals surface area contributed by atoms with E-state index in [1.807, 2.05) is 0 Å². The maximum Gasteiger partial charge on any atom is 0.302 e. The van der Waals surface area contributed by atoms with Gasteiger partial charge in [0.15, 0.2) is 0 Å². The Balaban J connectivity index is 2.90. The van der Waals surface area contributed by atoms with Crippen LogP contribution in [0.25, 0.3) is 0 Å². The number of esters is 1. The normalized spacial score (nSPS) is 9.08. The van der Waals surface area contributed by atoms with Crippen LogP contribution in [0.5, 0.6) is 0 Å². The first kappa shape index (κ1) is 11.0. The Hall–Kier alpha value is -1.03. The van der Waals surface area contributed by atoms with E-state index in [4.69, 9.17) is 9.47 Å². The highest BCUT2D eigenvalue weighted by molar-refractivity contribution is 5.65. The van der Waals surface area contributed by atoms with Crippen LogP contribution in [0.1, 0.15) is 6.92 Å². The van der Waals surface area contributed by atoms with Crippen LogP contribution in [0, 0.1) is 0 Å². The first-order valence-corrected chi connectivity index (χ1v) is 3.71. The number of carbonyl (C=O) groups is 1. The molecule has 0 radical (unpaired) electrons. The first-order valence-electron chi connectivity index (χ1n) is 3.71. The van der Waals surface area contributed by atoms with Gasteiger partial charge in [0, 0.05) is 6.92 Å². The van der Waals surface area contributed by atoms with Gasteiger partial charge in [-0.15, -0.1) is 0 Å². The summed E-state index contributed by atoms with van der Waals surface area (Å²) < 4.78 is 14.5. The summed E-state index contributed by atoms with van der Waals surface area (Å²) in [6.07, 6.45) is 1.36. The molecule has 0 N–H and O–H groups in total. The highest BCUT2D eigenvalue weighted by atomic mass is 16.6. The highest BCUT2D eigenvalue weighted by Crippen LogP contribution is 1.81. The van der Waals surface area contributed by atoms with E-state index in [0.29, 0.717) is 26.4 Å². The van der Waals surface area contributed by atoms with Crippen LogP contribution in [0.2, 0.25) is 0 Å². The molecule has 0 heterocycles. The molecule has 0 bridgehead atoms. The molecule has 0 atom stereocenters. The van der Waals surface area contributed by atoms with E-state index < -0.39 is 0 Å². The number of hydrogen-bond acceptors (Lipinski definition) is 4. The van der Waals surface area contributed by atoms with Crippen molar-refractivity contribution in [2.24, 2.45) is 0 Å². The second-order valence-electron chi connectivity index (χ2n) is 1.99. The van der Waals surface area contributed by atoms with Crippen molar-refractivity contribution in [2.45, 2.75) is 6.92 Å². The molecule has 0 spiro atoms. The Labute approximate surface area is 72.1 Å². The van der Waals surface area contributed by atoms with Gasteiger partial charge in [0.25, 0.3) is 0 Å². The van der Waals surface area contributed by atoms with Gasteiger partial charge >= 0.3 is 5.97 Å². The summed E-state index contributed by atoms with van der Waals surface area (Å²) in [5, 5.41) is 0. The largest absolute Gasteiger partial charge is 0.499 e. The van der Waals surface area contributed by atoms with Crippen molar-refractivity contribution < 1.29 is 19.0 Å². The monoisotopic (exact) mass is 174 g/mol. The van der Waals surface area contributed by atoms with Crippen molar-refractivity contribution in [1.82, 2.24) is 0 Å². The molecule has 0 aromatic heterocycles. The van der Waals surface area contributed by atoms with Gasteiger partial charge in [0.05, 0.1) is 19.5 Å². The van der Waals surface area contributed by atoms with Gasteiger partial charge in [-0.25, -0.2) is 0 Å². The SMILES string of the molecule is C=COCCOCCOC(C)=O. The molecule has 4 heteroatoms. The van der Waals surface area contributed by atoms with Crippen LogP contribution >= 0.6 is 0 Å². The smallest absolute Gasteiger partial charge is 0.302 e. The minimum Gasteiger partial charge on any atom is -0.499 e. The summed E-state index contributed by atoms with van der Waals surface area (Å²) in [5.74, 6) is -0.291. The Morgan fingerprint density at radius 2 is 2.00 bits per heavy atom. The third-order valence-electron chi connectivity index (χ3n) is 0.996. The number of hydrogen-bond donors (Lipinski definition) is 0. The quantitative estimate of drug-likeness (QED) is 0.324. The van der Waals surface area contributed by atoms with Crippen LogP contribution in [-0.2, 0) is 19.0 Å². The van der Waals surface area contributed by atoms with Gasteiger partial charge < -0.3 is 14.2 Å². The third-order valence-corrected chi connectivity index (χ3v) is 0.996. The minimum atomic E-state index is -0.291. The molecule has 0 fully saturated rings. The molecule has 0 unspecified atom stereocenters. The van der Waals surface area contributed by atoms with Crippen molar-refractivity contribution in [1.29, 1.82) is 0 Å². The van der Waals surface area contributed by atoms with Crippen molar-refractivity contribution in [3.8, 4) is 0 Å². The molecule has 0 amide bonds. The lowest BCUT2D eigenvalue weighted by Crippen LogP contribution is -2.10. The van der Waals surface area contributed by atoms with Crippen molar-refractivity contribution in [3.05, 3.63) is 12.8 Å². The minimum absolute atomic E-state index is 0.291. The number of ether oxygens (including phenoxy) is 3. The van der Waals surface area contributed by atoms with Crippen molar-refractivity contribution in [2.75, 3.05) is 26.4 Å². The van der Waals surface area contributed by atoms with Crippen LogP contribution in [0.3, 0.4) is 0 Å². The Kier molecular flexibility index (Phi) is 7.38. The van der Waals surface area contributed by atoms with Gasteiger partial charge in [-0.2, -0.15) is 0 Å². The van der Waals surface area contributed by atoms with E-state index in [-0.39, 0.29) is 5.97 Å². The first-order chi connectivity index (χ1) is 5.77. The van der Waals surface area contributed by atoms with Gasteiger partial charge in [-0.3, -0.25) is 4.79 Å². The van der Waals surface area contributed by atoms with Crippen LogP contribution in [0.4, 0.5) is 0 Å². The third kappa shape index (κ3) is 8.97. The van der Waals surface area contributed by atoms with Gasteiger partial charge in [-0.05, 0) is 0 Å². The van der Waals surface area contributed by atoms with E-state index in [2.05, 4.69) is 11.3 Å². The van der Waals surface area contributed by atoms with Crippen LogP contribution in [0.15, 0.2) is 12.8 Å². The second-order valence-corrected chi connectivity index (χ2v) is 1.99. The Morgan fingerprint density at radius 1 is 1.33 bits per heavy atom. The second kappa shape index (κ2) is 8.07. The molecule has 0 aliphatic carbocycles. The molecule has 0 aliphatic rings. The molecule has 0 aliphatic heterocycles. The van der Waals surface area contributed by atoms with E-state index in [0.717, 1.165) is 0 Å². The number of rotatable bonds is 7. The van der Waals surface area contributed by atoms with Crippen molar-refractivity contribution in [3.63, 3.8) is 0 Å². The summed E-state index contributed by atoms with van der Waals surface area (Å²) >= 11 is 0. The lowest BCUT2D eigenvalue weighted by molar-refractivity contribution is -0.142. The fraction of sp³-hybridized carbons (Fsp3) is 0.625. The lowest BCUT2D eigenvalue weighted by Gasteiger charge is -2.03. The summed E-state index contributed by atoms with van der Waals surface area (Å²) in [5.41, 5.74) is 0. The van der Waals surface area contributed by atoms with E-state index >= 15 is 0 Å². The maximum atomic E-state index is 10.3. The number of carbonyl (C=O) groups excluding carboxylic acids is 1.